The van der Waals surface area contributed by atoms with E-state index >= 15 is 0 Å². The van der Waals surface area contributed by atoms with Crippen molar-refractivity contribution in [1.82, 2.24) is 0 Å². The number of rotatable bonds is 5. The Bertz CT molecular complexity index is 453. The normalized spacial score (nSPS) is 17.4. The maximum absolute atomic E-state index is 10.8. The first-order chi connectivity index (χ1) is 9.11. The highest BCUT2D eigenvalue weighted by Gasteiger charge is 2.21. The summed E-state index contributed by atoms with van der Waals surface area (Å²) in [5.74, 6) is 0.373. The zero-order chi connectivity index (χ0) is 13.8. The van der Waals surface area contributed by atoms with Gasteiger partial charge in [0.1, 0.15) is 5.75 Å². The van der Waals surface area contributed by atoms with Crippen molar-refractivity contribution < 1.29 is 14.6 Å². The maximum Gasteiger partial charge on any atom is 0.305 e. The monoisotopic (exact) mass is 263 g/mol. The van der Waals surface area contributed by atoms with Gasteiger partial charge < -0.3 is 15.6 Å². The molecular weight excluding hydrogens is 242 g/mol. The van der Waals surface area contributed by atoms with E-state index in [0.717, 1.165) is 5.56 Å². The summed E-state index contributed by atoms with van der Waals surface area (Å²) >= 11 is 0. The van der Waals surface area contributed by atoms with Crippen molar-refractivity contribution in [2.24, 2.45) is 5.73 Å². The van der Waals surface area contributed by atoms with Crippen molar-refractivity contribution in [3.05, 3.63) is 29.3 Å². The molecular formula is C15H21NO3. The number of carboxylic acids is 1. The van der Waals surface area contributed by atoms with Gasteiger partial charge in [0.05, 0.1) is 13.5 Å². The van der Waals surface area contributed by atoms with E-state index in [2.05, 4.69) is 6.07 Å². The second-order valence-corrected chi connectivity index (χ2v) is 5.19. The van der Waals surface area contributed by atoms with Crippen molar-refractivity contribution in [1.29, 1.82) is 0 Å². The van der Waals surface area contributed by atoms with Gasteiger partial charge in [-0.25, -0.2) is 0 Å². The predicted molar refractivity (Wildman–Crippen MR) is 73.4 cm³/mol. The van der Waals surface area contributed by atoms with Gasteiger partial charge in [-0.05, 0) is 30.4 Å². The molecule has 0 amide bonds. The summed E-state index contributed by atoms with van der Waals surface area (Å²) in [5.41, 5.74) is 8.04. The van der Waals surface area contributed by atoms with Gasteiger partial charge in [0.2, 0.25) is 0 Å². The van der Waals surface area contributed by atoms with Crippen LogP contribution in [0.2, 0.25) is 0 Å². The van der Waals surface area contributed by atoms with Crippen molar-refractivity contribution in [2.45, 2.75) is 44.1 Å². The third kappa shape index (κ3) is 3.26. The Morgan fingerprint density at radius 3 is 2.74 bits per heavy atom. The molecule has 2 rings (SSSR count). The Morgan fingerprint density at radius 1 is 1.47 bits per heavy atom. The van der Waals surface area contributed by atoms with Crippen molar-refractivity contribution in [2.75, 3.05) is 7.11 Å². The fourth-order valence-electron chi connectivity index (χ4n) is 2.85. The van der Waals surface area contributed by atoms with Gasteiger partial charge in [-0.1, -0.05) is 25.0 Å². The number of ether oxygens (including phenoxy) is 1. The Kier molecular flexibility index (Phi) is 4.43. The molecule has 1 aromatic rings. The van der Waals surface area contributed by atoms with Crippen LogP contribution in [0.25, 0.3) is 0 Å². The van der Waals surface area contributed by atoms with Crippen LogP contribution in [0.4, 0.5) is 0 Å². The molecule has 0 spiro atoms. The molecule has 1 saturated carbocycles. The van der Waals surface area contributed by atoms with Gasteiger partial charge >= 0.3 is 5.97 Å². The summed E-state index contributed by atoms with van der Waals surface area (Å²) in [5, 5.41) is 8.87. The van der Waals surface area contributed by atoms with Crippen molar-refractivity contribution in [3.63, 3.8) is 0 Å². The number of hydrogen-bond acceptors (Lipinski definition) is 3. The number of nitrogens with two attached hydrogens (primary N) is 1. The quantitative estimate of drug-likeness (QED) is 0.856. The standard InChI is InChI=1S/C15H21NO3/c1-19-14-7-6-11(10-4-2-3-5-10)8-12(14)13(16)9-15(17)18/h6-8,10,13H,2-5,9,16H2,1H3,(H,17,18). The Labute approximate surface area is 113 Å². The van der Waals surface area contributed by atoms with E-state index < -0.39 is 12.0 Å². The fourth-order valence-corrected chi connectivity index (χ4v) is 2.85. The molecule has 0 aromatic heterocycles. The van der Waals surface area contributed by atoms with Gasteiger partial charge in [0.15, 0.2) is 0 Å². The van der Waals surface area contributed by atoms with E-state index in [1.54, 1.807) is 7.11 Å². The van der Waals surface area contributed by atoms with Crippen molar-refractivity contribution >= 4 is 5.97 Å². The highest BCUT2D eigenvalue weighted by molar-refractivity contribution is 5.68. The minimum Gasteiger partial charge on any atom is -0.496 e. The van der Waals surface area contributed by atoms with E-state index in [0.29, 0.717) is 11.7 Å². The van der Waals surface area contributed by atoms with Crippen LogP contribution >= 0.6 is 0 Å². The van der Waals surface area contributed by atoms with E-state index in [1.807, 2.05) is 12.1 Å². The average molecular weight is 263 g/mol. The van der Waals surface area contributed by atoms with Crippen molar-refractivity contribution in [3.8, 4) is 5.75 Å². The number of carboxylic acid groups (broad SMARTS) is 1. The number of hydrogen-bond donors (Lipinski definition) is 2. The Balaban J connectivity index is 2.27. The minimum atomic E-state index is -0.888. The molecule has 0 radical (unpaired) electrons. The second kappa shape index (κ2) is 6.06. The molecule has 0 aliphatic heterocycles. The third-order valence-corrected chi connectivity index (χ3v) is 3.87. The fraction of sp³-hybridized carbons (Fsp3) is 0.533. The van der Waals surface area contributed by atoms with Crippen LogP contribution in [-0.4, -0.2) is 18.2 Å². The summed E-state index contributed by atoms with van der Waals surface area (Å²) in [6.07, 6.45) is 4.88. The molecule has 0 saturated heterocycles. The lowest BCUT2D eigenvalue weighted by Crippen LogP contribution is -2.16. The lowest BCUT2D eigenvalue weighted by atomic mass is 9.93. The Hall–Kier alpha value is -1.55. The summed E-state index contributed by atoms with van der Waals surface area (Å²) < 4.78 is 5.29. The molecule has 1 unspecified atom stereocenters. The van der Waals surface area contributed by atoms with Gasteiger partial charge in [0.25, 0.3) is 0 Å². The maximum atomic E-state index is 10.8. The Morgan fingerprint density at radius 2 is 2.16 bits per heavy atom. The molecule has 1 aliphatic rings. The van der Waals surface area contributed by atoms with Crippen LogP contribution in [0.5, 0.6) is 5.75 Å². The van der Waals surface area contributed by atoms with E-state index in [9.17, 15) is 4.79 Å². The molecule has 4 nitrogen and oxygen atoms in total. The predicted octanol–water partition coefficient (Wildman–Crippen LogP) is 2.83. The molecule has 0 bridgehead atoms. The van der Waals surface area contributed by atoms with E-state index in [-0.39, 0.29) is 6.42 Å². The zero-order valence-electron chi connectivity index (χ0n) is 11.3. The van der Waals surface area contributed by atoms with Gasteiger partial charge in [-0.2, -0.15) is 0 Å². The topological polar surface area (TPSA) is 72.5 Å². The highest BCUT2D eigenvalue weighted by atomic mass is 16.5. The number of methoxy groups -OCH3 is 1. The molecule has 1 atom stereocenters. The van der Waals surface area contributed by atoms with E-state index in [1.165, 1.54) is 31.2 Å². The second-order valence-electron chi connectivity index (χ2n) is 5.19. The summed E-state index contributed by atoms with van der Waals surface area (Å²) in [6.45, 7) is 0. The summed E-state index contributed by atoms with van der Waals surface area (Å²) in [4.78, 5) is 10.8. The van der Waals surface area contributed by atoms with Crippen LogP contribution < -0.4 is 10.5 Å². The van der Waals surface area contributed by atoms with Gasteiger partial charge in [0, 0.05) is 11.6 Å². The largest absolute Gasteiger partial charge is 0.496 e. The van der Waals surface area contributed by atoms with Gasteiger partial charge in [-0.15, -0.1) is 0 Å². The number of benzene rings is 1. The number of aliphatic carboxylic acids is 1. The van der Waals surface area contributed by atoms with Gasteiger partial charge in [-0.3, -0.25) is 4.79 Å². The van der Waals surface area contributed by atoms with Crippen LogP contribution in [0.1, 0.15) is 55.2 Å². The highest BCUT2D eigenvalue weighted by Crippen LogP contribution is 2.37. The third-order valence-electron chi connectivity index (χ3n) is 3.87. The smallest absolute Gasteiger partial charge is 0.305 e. The average Bonchev–Trinajstić information content (AvgIpc) is 2.91. The molecule has 0 heterocycles. The van der Waals surface area contributed by atoms with Crippen LogP contribution in [0.3, 0.4) is 0 Å². The van der Waals surface area contributed by atoms with Crippen LogP contribution in [0.15, 0.2) is 18.2 Å². The first kappa shape index (κ1) is 13.9. The van der Waals surface area contributed by atoms with E-state index in [4.69, 9.17) is 15.6 Å². The molecule has 104 valence electrons. The molecule has 19 heavy (non-hydrogen) atoms. The first-order valence-electron chi connectivity index (χ1n) is 6.77. The molecule has 1 aliphatic carbocycles. The van der Waals surface area contributed by atoms with Crippen LogP contribution in [-0.2, 0) is 4.79 Å². The lowest BCUT2D eigenvalue weighted by molar-refractivity contribution is -0.137. The minimum absolute atomic E-state index is 0.0789. The lowest BCUT2D eigenvalue weighted by Gasteiger charge is -2.18. The molecule has 4 heteroatoms. The SMILES string of the molecule is COc1ccc(C2CCCC2)cc1C(N)CC(=O)O. The molecule has 3 N–H and O–H groups in total. The van der Waals surface area contributed by atoms with Crippen LogP contribution in [0, 0.1) is 0 Å². The zero-order valence-corrected chi connectivity index (χ0v) is 11.3. The molecule has 1 aromatic carbocycles. The summed E-state index contributed by atoms with van der Waals surface area (Å²) in [6, 6.07) is 5.49. The first-order valence-corrected chi connectivity index (χ1v) is 6.77. The molecule has 1 fully saturated rings. The number of carbonyl (C=O) groups is 1. The summed E-state index contributed by atoms with van der Waals surface area (Å²) in [7, 11) is 1.58.